The van der Waals surface area contributed by atoms with Crippen LogP contribution in [0.4, 0.5) is 0 Å². The van der Waals surface area contributed by atoms with Gasteiger partial charge in [-0.2, -0.15) is 0 Å². The second-order valence-electron chi connectivity index (χ2n) is 6.80. The number of phenols is 1. The number of rotatable bonds is 1. The normalized spacial score (nSPS) is 12.9. The molecule has 0 saturated heterocycles. The molecule has 0 unspecified atom stereocenters. The van der Waals surface area contributed by atoms with Crippen LogP contribution in [0.5, 0.6) is 5.75 Å². The number of benzene rings is 3. The summed E-state index contributed by atoms with van der Waals surface area (Å²) in [4.78, 5) is 26.6. The molecular weight excluding hydrogens is 338 g/mol. The number of phenolic OH excluding ortho intramolecular Hbond substituents is 1. The summed E-state index contributed by atoms with van der Waals surface area (Å²) in [6.07, 6.45) is 0. The molecule has 1 N–H and O–H groups in total. The first kappa shape index (κ1) is 15.6. The topological polar surface area (TPSA) is 59.3 Å². The number of hydrogen-bond acceptors (Lipinski definition) is 3. The van der Waals surface area contributed by atoms with Crippen LogP contribution in [-0.2, 0) is 0 Å². The van der Waals surface area contributed by atoms with Gasteiger partial charge in [-0.15, -0.1) is 0 Å². The highest BCUT2D eigenvalue weighted by Gasteiger charge is 2.35. The molecule has 0 spiro atoms. The number of hydrogen-bond donors (Lipinski definition) is 1. The largest absolute Gasteiger partial charge is 0.508 e. The number of nitrogens with zero attached hydrogens (tertiary/aromatic N) is 1. The molecule has 3 aromatic carbocycles. The smallest absolute Gasteiger partial charge is 0.211 e. The maximum atomic E-state index is 13.3. The van der Waals surface area contributed by atoms with Crippen molar-refractivity contribution < 1.29 is 14.7 Å². The van der Waals surface area contributed by atoms with Crippen molar-refractivity contribution in [3.8, 4) is 11.4 Å². The number of aryl methyl sites for hydroxylation is 1. The van der Waals surface area contributed by atoms with Gasteiger partial charge >= 0.3 is 0 Å². The summed E-state index contributed by atoms with van der Waals surface area (Å²) in [5.74, 6) is -0.316. The van der Waals surface area contributed by atoms with E-state index >= 15 is 0 Å². The Bertz CT molecular complexity index is 1260. The van der Waals surface area contributed by atoms with Gasteiger partial charge in [-0.1, -0.05) is 42.0 Å². The second-order valence-corrected chi connectivity index (χ2v) is 6.80. The molecular formula is C23H15NO3. The molecule has 1 aliphatic carbocycles. The van der Waals surface area contributed by atoms with E-state index in [-0.39, 0.29) is 17.3 Å². The lowest BCUT2D eigenvalue weighted by atomic mass is 9.87. The van der Waals surface area contributed by atoms with Crippen LogP contribution in [0.1, 0.15) is 37.5 Å². The summed E-state index contributed by atoms with van der Waals surface area (Å²) in [6, 6.07) is 19.6. The molecule has 130 valence electrons. The third-order valence-corrected chi connectivity index (χ3v) is 5.10. The highest BCUT2D eigenvalue weighted by atomic mass is 16.3. The number of aromatic nitrogens is 1. The zero-order valence-electron chi connectivity index (χ0n) is 14.6. The summed E-state index contributed by atoms with van der Waals surface area (Å²) >= 11 is 0. The molecule has 0 saturated carbocycles. The van der Waals surface area contributed by atoms with Crippen LogP contribution >= 0.6 is 0 Å². The molecule has 27 heavy (non-hydrogen) atoms. The number of carbonyl (C=O) groups is 2. The monoisotopic (exact) mass is 353 g/mol. The Labute approximate surface area is 155 Å². The molecule has 4 heteroatoms. The molecule has 0 amide bonds. The fourth-order valence-electron chi connectivity index (χ4n) is 3.83. The third kappa shape index (κ3) is 2.10. The van der Waals surface area contributed by atoms with E-state index in [9.17, 15) is 14.7 Å². The predicted octanol–water partition coefficient (Wildman–Crippen LogP) is 4.42. The van der Waals surface area contributed by atoms with Gasteiger partial charge < -0.3 is 9.67 Å². The van der Waals surface area contributed by atoms with Crippen molar-refractivity contribution in [1.29, 1.82) is 0 Å². The summed E-state index contributed by atoms with van der Waals surface area (Å²) in [5.41, 5.74) is 4.15. The molecule has 1 aromatic heterocycles. The van der Waals surface area contributed by atoms with Gasteiger partial charge in [-0.3, -0.25) is 9.59 Å². The van der Waals surface area contributed by atoms with Crippen molar-refractivity contribution in [3.05, 3.63) is 94.7 Å². The molecule has 4 aromatic rings. The van der Waals surface area contributed by atoms with Crippen LogP contribution in [0.3, 0.4) is 0 Å². The van der Waals surface area contributed by atoms with E-state index in [1.54, 1.807) is 42.5 Å². The molecule has 4 nitrogen and oxygen atoms in total. The summed E-state index contributed by atoms with van der Waals surface area (Å²) in [7, 11) is 0. The van der Waals surface area contributed by atoms with E-state index in [0.29, 0.717) is 27.8 Å². The second kappa shape index (κ2) is 5.42. The van der Waals surface area contributed by atoms with E-state index in [0.717, 1.165) is 16.8 Å². The van der Waals surface area contributed by atoms with Crippen molar-refractivity contribution in [2.45, 2.75) is 6.92 Å². The van der Waals surface area contributed by atoms with E-state index in [1.165, 1.54) is 0 Å². The van der Waals surface area contributed by atoms with Crippen LogP contribution < -0.4 is 0 Å². The fourth-order valence-corrected chi connectivity index (χ4v) is 3.83. The van der Waals surface area contributed by atoms with Crippen molar-refractivity contribution in [2.75, 3.05) is 0 Å². The molecule has 0 fully saturated rings. The fraction of sp³-hybridized carbons (Fsp3) is 0.0435. The maximum Gasteiger partial charge on any atom is 0.211 e. The van der Waals surface area contributed by atoms with Crippen LogP contribution in [0, 0.1) is 6.92 Å². The first-order valence-electron chi connectivity index (χ1n) is 8.69. The minimum Gasteiger partial charge on any atom is -0.508 e. The maximum absolute atomic E-state index is 13.3. The average molecular weight is 353 g/mol. The van der Waals surface area contributed by atoms with E-state index in [1.807, 2.05) is 35.8 Å². The number of fused-ring (bicyclic) bond motifs is 4. The molecule has 1 aliphatic rings. The summed E-state index contributed by atoms with van der Waals surface area (Å²) < 4.78 is 1.82. The highest BCUT2D eigenvalue weighted by Crippen LogP contribution is 2.38. The Kier molecular flexibility index (Phi) is 3.13. The Morgan fingerprint density at radius 2 is 1.48 bits per heavy atom. The van der Waals surface area contributed by atoms with E-state index in [2.05, 4.69) is 0 Å². The molecule has 0 bridgehead atoms. The lowest BCUT2D eigenvalue weighted by molar-refractivity contribution is 0.0976. The van der Waals surface area contributed by atoms with Gasteiger partial charge in [-0.05, 0) is 37.3 Å². The Morgan fingerprint density at radius 3 is 2.19 bits per heavy atom. The van der Waals surface area contributed by atoms with Gasteiger partial charge in [0.15, 0.2) is 5.78 Å². The minimum absolute atomic E-state index is 0.0606. The lowest BCUT2D eigenvalue weighted by Crippen LogP contribution is -2.22. The SMILES string of the molecule is Cc1ccc(-n2c3c(c4cc(O)ccc42)C(=O)c2ccccc2C3=O)cc1. The standard InChI is InChI=1S/C23H15NO3/c1-13-6-8-14(9-7-13)24-19-11-10-15(25)12-18(19)20-21(24)23(27)17-5-3-2-4-16(17)22(20)26/h2-12,25H,1H3. The lowest BCUT2D eigenvalue weighted by Gasteiger charge is -2.17. The first-order valence-corrected chi connectivity index (χ1v) is 8.69. The Balaban J connectivity index is 1.94. The van der Waals surface area contributed by atoms with Crippen molar-refractivity contribution >= 4 is 22.5 Å². The first-order chi connectivity index (χ1) is 13.1. The number of carbonyl (C=O) groups excluding carboxylic acids is 2. The van der Waals surface area contributed by atoms with Crippen molar-refractivity contribution in [3.63, 3.8) is 0 Å². The van der Waals surface area contributed by atoms with Gasteiger partial charge in [0.05, 0.1) is 11.1 Å². The minimum atomic E-state index is -0.193. The molecule has 0 aliphatic heterocycles. The molecule has 0 atom stereocenters. The quantitative estimate of drug-likeness (QED) is 0.485. The van der Waals surface area contributed by atoms with Gasteiger partial charge in [0.25, 0.3) is 0 Å². The summed E-state index contributed by atoms with van der Waals surface area (Å²) in [6.45, 7) is 2.00. The van der Waals surface area contributed by atoms with E-state index < -0.39 is 0 Å². The van der Waals surface area contributed by atoms with Crippen molar-refractivity contribution in [2.24, 2.45) is 0 Å². The van der Waals surface area contributed by atoms with Crippen LogP contribution in [-0.4, -0.2) is 21.2 Å². The Morgan fingerprint density at radius 1 is 0.815 bits per heavy atom. The molecule has 5 rings (SSSR count). The van der Waals surface area contributed by atoms with Crippen molar-refractivity contribution in [1.82, 2.24) is 4.57 Å². The number of aromatic hydroxyl groups is 1. The third-order valence-electron chi connectivity index (χ3n) is 5.10. The van der Waals surface area contributed by atoms with Gasteiger partial charge in [-0.25, -0.2) is 0 Å². The van der Waals surface area contributed by atoms with Gasteiger partial charge in [0.1, 0.15) is 11.4 Å². The van der Waals surface area contributed by atoms with Gasteiger partial charge in [0.2, 0.25) is 5.78 Å². The molecule has 1 heterocycles. The Hall–Kier alpha value is -3.66. The highest BCUT2D eigenvalue weighted by molar-refractivity contribution is 6.32. The van der Waals surface area contributed by atoms with Crippen LogP contribution in [0.25, 0.3) is 16.6 Å². The average Bonchev–Trinajstić information content (AvgIpc) is 3.01. The predicted molar refractivity (Wildman–Crippen MR) is 103 cm³/mol. The summed E-state index contributed by atoms with van der Waals surface area (Å²) in [5, 5.41) is 10.6. The number of ketones is 2. The van der Waals surface area contributed by atoms with Crippen LogP contribution in [0.15, 0.2) is 66.7 Å². The van der Waals surface area contributed by atoms with Gasteiger partial charge in [0, 0.05) is 22.2 Å². The van der Waals surface area contributed by atoms with E-state index in [4.69, 9.17) is 0 Å². The van der Waals surface area contributed by atoms with Crippen LogP contribution in [0.2, 0.25) is 0 Å². The zero-order valence-corrected chi connectivity index (χ0v) is 14.6. The zero-order chi connectivity index (χ0) is 18.7. The molecule has 0 radical (unpaired) electrons.